The number of aliphatic hydroxyl groups is 1. The lowest BCUT2D eigenvalue weighted by Crippen LogP contribution is -2.50. The first-order valence-electron chi connectivity index (χ1n) is 8.66. The van der Waals surface area contributed by atoms with Crippen molar-refractivity contribution in [2.45, 2.75) is 19.4 Å². The van der Waals surface area contributed by atoms with Crippen LogP contribution in [0, 0.1) is 13.8 Å². The molecule has 26 heavy (non-hydrogen) atoms. The summed E-state index contributed by atoms with van der Waals surface area (Å²) in [5.74, 6) is 0.551. The standard InChI is InChI=1S/C20H24N2O4/c1-15-4-3-5-17(10-15)26-14-20(24)12-22(8-9-25-13-20)19(23)18-6-7-21-11-16(18)2/h3-7,10-11,24H,8-9,12-14H2,1-2H3/t20-/m1/s1. The summed E-state index contributed by atoms with van der Waals surface area (Å²) < 4.78 is 11.3. The molecule has 0 bridgehead atoms. The highest BCUT2D eigenvalue weighted by molar-refractivity contribution is 5.95. The fourth-order valence-electron chi connectivity index (χ4n) is 2.98. The Morgan fingerprint density at radius 2 is 2.23 bits per heavy atom. The number of rotatable bonds is 4. The number of carbonyl (C=O) groups excluding carboxylic acids is 1. The summed E-state index contributed by atoms with van der Waals surface area (Å²) >= 11 is 0. The molecule has 2 heterocycles. The minimum Gasteiger partial charge on any atom is -0.490 e. The number of aromatic nitrogens is 1. The zero-order valence-electron chi connectivity index (χ0n) is 15.1. The number of pyridine rings is 1. The van der Waals surface area contributed by atoms with E-state index in [-0.39, 0.29) is 25.7 Å². The summed E-state index contributed by atoms with van der Waals surface area (Å²) in [5.41, 5.74) is 1.21. The van der Waals surface area contributed by atoms with E-state index < -0.39 is 5.60 Å². The molecular formula is C20H24N2O4. The quantitative estimate of drug-likeness (QED) is 0.907. The van der Waals surface area contributed by atoms with Gasteiger partial charge in [0.2, 0.25) is 0 Å². The molecule has 1 amide bonds. The zero-order chi connectivity index (χ0) is 18.6. The fraction of sp³-hybridized carbons (Fsp3) is 0.400. The van der Waals surface area contributed by atoms with E-state index in [1.165, 1.54) is 0 Å². The monoisotopic (exact) mass is 356 g/mol. The topological polar surface area (TPSA) is 71.9 Å². The van der Waals surface area contributed by atoms with Gasteiger partial charge in [-0.05, 0) is 43.2 Å². The Hall–Kier alpha value is -2.44. The van der Waals surface area contributed by atoms with Crippen molar-refractivity contribution in [1.29, 1.82) is 0 Å². The van der Waals surface area contributed by atoms with Crippen LogP contribution in [-0.2, 0) is 4.74 Å². The highest BCUT2D eigenvalue weighted by Gasteiger charge is 2.36. The first-order valence-corrected chi connectivity index (χ1v) is 8.66. The Kier molecular flexibility index (Phi) is 5.54. The molecule has 0 unspecified atom stereocenters. The largest absolute Gasteiger partial charge is 0.490 e. The van der Waals surface area contributed by atoms with Gasteiger partial charge in [0.05, 0.1) is 19.8 Å². The maximum absolute atomic E-state index is 12.9. The summed E-state index contributed by atoms with van der Waals surface area (Å²) in [5, 5.41) is 11.0. The van der Waals surface area contributed by atoms with Crippen LogP contribution in [0.4, 0.5) is 0 Å². The van der Waals surface area contributed by atoms with Crippen LogP contribution in [0.2, 0.25) is 0 Å². The zero-order valence-corrected chi connectivity index (χ0v) is 15.1. The van der Waals surface area contributed by atoms with Crippen molar-refractivity contribution in [3.63, 3.8) is 0 Å². The number of carbonyl (C=O) groups is 1. The van der Waals surface area contributed by atoms with Gasteiger partial charge in [-0.3, -0.25) is 9.78 Å². The molecule has 0 radical (unpaired) electrons. The van der Waals surface area contributed by atoms with Crippen LogP contribution in [0.1, 0.15) is 21.5 Å². The van der Waals surface area contributed by atoms with E-state index in [4.69, 9.17) is 9.47 Å². The van der Waals surface area contributed by atoms with Gasteiger partial charge >= 0.3 is 0 Å². The van der Waals surface area contributed by atoms with E-state index in [9.17, 15) is 9.90 Å². The Morgan fingerprint density at radius 3 is 3.00 bits per heavy atom. The molecule has 1 fully saturated rings. The maximum atomic E-state index is 12.9. The first kappa shape index (κ1) is 18.4. The summed E-state index contributed by atoms with van der Waals surface area (Å²) in [6.45, 7) is 4.96. The van der Waals surface area contributed by atoms with Crippen LogP contribution in [0.25, 0.3) is 0 Å². The van der Waals surface area contributed by atoms with Crippen molar-refractivity contribution in [3.05, 3.63) is 59.4 Å². The smallest absolute Gasteiger partial charge is 0.254 e. The molecule has 138 valence electrons. The van der Waals surface area contributed by atoms with Crippen LogP contribution in [0.5, 0.6) is 5.75 Å². The number of nitrogens with zero attached hydrogens (tertiary/aromatic N) is 2. The summed E-state index contributed by atoms with van der Waals surface area (Å²) in [6.07, 6.45) is 3.26. The molecule has 1 aromatic carbocycles. The van der Waals surface area contributed by atoms with Crippen LogP contribution in [0.15, 0.2) is 42.7 Å². The van der Waals surface area contributed by atoms with Crippen molar-refractivity contribution in [2.75, 3.05) is 32.9 Å². The van der Waals surface area contributed by atoms with Crippen molar-refractivity contribution < 1.29 is 19.4 Å². The average Bonchev–Trinajstić information content (AvgIpc) is 2.82. The second-order valence-electron chi connectivity index (χ2n) is 6.80. The Labute approximate surface area is 153 Å². The van der Waals surface area contributed by atoms with Crippen molar-refractivity contribution in [1.82, 2.24) is 9.88 Å². The third kappa shape index (κ3) is 4.39. The normalized spacial score (nSPS) is 20.5. The predicted molar refractivity (Wildman–Crippen MR) is 97.3 cm³/mol. The minimum atomic E-state index is -1.27. The molecule has 1 aliphatic heterocycles. The number of hydrogen-bond donors (Lipinski definition) is 1. The molecule has 1 aromatic heterocycles. The van der Waals surface area contributed by atoms with E-state index in [0.717, 1.165) is 11.1 Å². The highest BCUT2D eigenvalue weighted by atomic mass is 16.5. The molecule has 1 atom stereocenters. The van der Waals surface area contributed by atoms with E-state index in [1.54, 1.807) is 23.4 Å². The van der Waals surface area contributed by atoms with Gasteiger partial charge in [-0.25, -0.2) is 0 Å². The molecule has 6 nitrogen and oxygen atoms in total. The summed E-state index contributed by atoms with van der Waals surface area (Å²) in [6, 6.07) is 9.33. The minimum absolute atomic E-state index is 0.0512. The number of β-amino-alcohol motifs (C(OH)–C–C–N with tert-alkyl or cyclic N) is 1. The molecule has 6 heteroatoms. The third-order valence-electron chi connectivity index (χ3n) is 4.40. The first-order chi connectivity index (χ1) is 12.5. The second-order valence-corrected chi connectivity index (χ2v) is 6.80. The lowest BCUT2D eigenvalue weighted by Gasteiger charge is -2.31. The van der Waals surface area contributed by atoms with E-state index in [2.05, 4.69) is 4.98 Å². The average molecular weight is 356 g/mol. The highest BCUT2D eigenvalue weighted by Crippen LogP contribution is 2.19. The second kappa shape index (κ2) is 7.85. The molecule has 0 aliphatic carbocycles. The molecule has 1 N–H and O–H groups in total. The number of hydrogen-bond acceptors (Lipinski definition) is 5. The van der Waals surface area contributed by atoms with Gasteiger partial charge in [-0.15, -0.1) is 0 Å². The molecular weight excluding hydrogens is 332 g/mol. The van der Waals surface area contributed by atoms with Crippen LogP contribution in [-0.4, -0.2) is 59.4 Å². The number of benzene rings is 1. The fourth-order valence-corrected chi connectivity index (χ4v) is 2.98. The SMILES string of the molecule is Cc1cccc(OC[C@]2(O)COCCN(C(=O)c3ccncc3C)C2)c1. The Morgan fingerprint density at radius 1 is 1.38 bits per heavy atom. The van der Waals surface area contributed by atoms with Crippen LogP contribution < -0.4 is 4.74 Å². The molecule has 2 aromatic rings. The van der Waals surface area contributed by atoms with E-state index in [0.29, 0.717) is 24.5 Å². The van der Waals surface area contributed by atoms with Crippen molar-refractivity contribution >= 4 is 5.91 Å². The number of amides is 1. The third-order valence-corrected chi connectivity index (χ3v) is 4.40. The lowest BCUT2D eigenvalue weighted by molar-refractivity contribution is -0.0621. The molecule has 0 spiro atoms. The molecule has 1 aliphatic rings. The lowest BCUT2D eigenvalue weighted by atomic mass is 10.0. The number of aryl methyl sites for hydroxylation is 2. The molecule has 1 saturated heterocycles. The van der Waals surface area contributed by atoms with Gasteiger partial charge in [0.25, 0.3) is 5.91 Å². The maximum Gasteiger partial charge on any atom is 0.254 e. The van der Waals surface area contributed by atoms with Gasteiger partial charge in [0.15, 0.2) is 0 Å². The van der Waals surface area contributed by atoms with Crippen LogP contribution in [0.3, 0.4) is 0 Å². The number of ether oxygens (including phenoxy) is 2. The Balaban J connectivity index is 1.71. The summed E-state index contributed by atoms with van der Waals surface area (Å²) in [7, 11) is 0. The predicted octanol–water partition coefficient (Wildman–Crippen LogP) is 1.98. The Bertz CT molecular complexity index is 780. The van der Waals surface area contributed by atoms with Gasteiger partial charge < -0.3 is 19.5 Å². The van der Waals surface area contributed by atoms with E-state index >= 15 is 0 Å². The van der Waals surface area contributed by atoms with Crippen LogP contribution >= 0.6 is 0 Å². The van der Waals surface area contributed by atoms with Gasteiger partial charge in [-0.2, -0.15) is 0 Å². The summed E-state index contributed by atoms with van der Waals surface area (Å²) in [4.78, 5) is 18.5. The van der Waals surface area contributed by atoms with E-state index in [1.807, 2.05) is 38.1 Å². The van der Waals surface area contributed by atoms with Gasteiger partial charge in [-0.1, -0.05) is 12.1 Å². The van der Waals surface area contributed by atoms with Crippen molar-refractivity contribution in [3.8, 4) is 5.75 Å². The molecule has 0 saturated carbocycles. The molecule has 3 rings (SSSR count). The van der Waals surface area contributed by atoms with Crippen molar-refractivity contribution in [2.24, 2.45) is 0 Å². The van der Waals surface area contributed by atoms with Gasteiger partial charge in [0.1, 0.15) is 18.0 Å². The van der Waals surface area contributed by atoms with Gasteiger partial charge in [0, 0.05) is 24.5 Å².